The van der Waals surface area contributed by atoms with Gasteiger partial charge in [-0.05, 0) is 31.6 Å². The molecule has 0 radical (unpaired) electrons. The van der Waals surface area contributed by atoms with E-state index in [0.717, 1.165) is 18.0 Å². The largest absolute Gasteiger partial charge is 0.493 e. The molecular weight excluding hydrogens is 276 g/mol. The highest BCUT2D eigenvalue weighted by atomic mass is 16.5. The van der Waals surface area contributed by atoms with Crippen LogP contribution in [0.3, 0.4) is 0 Å². The second kappa shape index (κ2) is 5.14. The van der Waals surface area contributed by atoms with E-state index in [2.05, 4.69) is 23.3 Å². The second-order valence-electron chi connectivity index (χ2n) is 7.31. The van der Waals surface area contributed by atoms with E-state index in [1.165, 1.54) is 50.5 Å². The number of hydrogen-bond donors (Lipinski definition) is 1. The van der Waals surface area contributed by atoms with E-state index in [-0.39, 0.29) is 0 Å². The molecule has 0 unspecified atom stereocenters. The van der Waals surface area contributed by atoms with Crippen molar-refractivity contribution in [3.05, 3.63) is 17.8 Å². The average Bonchev–Trinajstić information content (AvgIpc) is 3.30. The molecule has 2 N–H and O–H groups in total. The van der Waals surface area contributed by atoms with Gasteiger partial charge in [0.15, 0.2) is 5.65 Å². The van der Waals surface area contributed by atoms with E-state index < -0.39 is 0 Å². The number of rotatable bonds is 4. The molecule has 2 saturated carbocycles. The van der Waals surface area contributed by atoms with Crippen molar-refractivity contribution in [1.82, 2.24) is 14.6 Å². The van der Waals surface area contributed by atoms with E-state index in [1.54, 1.807) is 0 Å². The summed E-state index contributed by atoms with van der Waals surface area (Å²) >= 11 is 0. The Kier molecular flexibility index (Phi) is 3.24. The lowest BCUT2D eigenvalue weighted by Gasteiger charge is -2.33. The summed E-state index contributed by atoms with van der Waals surface area (Å²) in [4.78, 5) is 0. The fourth-order valence-electron chi connectivity index (χ4n) is 3.58. The monoisotopic (exact) mass is 300 g/mol. The molecule has 0 amide bonds. The molecule has 2 aliphatic carbocycles. The summed E-state index contributed by atoms with van der Waals surface area (Å²) < 4.78 is 8.14. The number of fused-ring (bicyclic) bond motifs is 1. The van der Waals surface area contributed by atoms with Crippen molar-refractivity contribution in [1.29, 1.82) is 0 Å². The second-order valence-corrected chi connectivity index (χ2v) is 7.31. The summed E-state index contributed by atoms with van der Waals surface area (Å²) in [6.07, 6.45) is 11.1. The van der Waals surface area contributed by atoms with Gasteiger partial charge in [-0.1, -0.05) is 26.2 Å². The van der Waals surface area contributed by atoms with Crippen LogP contribution in [0.25, 0.3) is 5.65 Å². The minimum Gasteiger partial charge on any atom is -0.493 e. The molecule has 2 aliphatic rings. The van der Waals surface area contributed by atoms with E-state index in [9.17, 15) is 0 Å². The number of ether oxygens (including phenoxy) is 1. The molecule has 118 valence electrons. The normalized spacial score (nSPS) is 21.1. The summed E-state index contributed by atoms with van der Waals surface area (Å²) in [5.41, 5.74) is 8.23. The molecule has 0 bridgehead atoms. The molecule has 2 heterocycles. The van der Waals surface area contributed by atoms with Crippen molar-refractivity contribution < 1.29 is 4.74 Å². The standard InChI is InChI=1S/C17H24N4O/c1-17(7-3-2-4-8-17)11-22-14-9-15-19-20-16(18)21(15)10-13(14)12-5-6-12/h9-10,12H,2-8,11H2,1H3,(H2,18,20). The van der Waals surface area contributed by atoms with Crippen LogP contribution in [0.5, 0.6) is 5.75 Å². The Morgan fingerprint density at radius 2 is 2.05 bits per heavy atom. The Bertz CT molecular complexity index is 683. The van der Waals surface area contributed by atoms with Crippen LogP contribution in [0, 0.1) is 5.41 Å². The molecule has 0 saturated heterocycles. The summed E-state index contributed by atoms with van der Waals surface area (Å²) in [7, 11) is 0. The highest BCUT2D eigenvalue weighted by molar-refractivity contribution is 5.53. The summed E-state index contributed by atoms with van der Waals surface area (Å²) in [6, 6.07) is 2.00. The molecule has 5 heteroatoms. The first-order valence-corrected chi connectivity index (χ1v) is 8.42. The number of nitrogens with two attached hydrogens (primary N) is 1. The molecule has 2 fully saturated rings. The van der Waals surface area contributed by atoms with E-state index in [1.807, 2.05) is 10.5 Å². The van der Waals surface area contributed by atoms with Crippen LogP contribution in [-0.2, 0) is 0 Å². The van der Waals surface area contributed by atoms with E-state index in [0.29, 0.717) is 17.3 Å². The topological polar surface area (TPSA) is 65.4 Å². The van der Waals surface area contributed by atoms with Gasteiger partial charge in [-0.25, -0.2) is 0 Å². The predicted octanol–water partition coefficient (Wildman–Crippen LogP) is 3.54. The van der Waals surface area contributed by atoms with Crippen LogP contribution in [0.1, 0.15) is 63.4 Å². The first-order valence-electron chi connectivity index (χ1n) is 8.42. The van der Waals surface area contributed by atoms with E-state index in [4.69, 9.17) is 10.5 Å². The lowest BCUT2D eigenvalue weighted by Crippen LogP contribution is -2.27. The molecule has 4 rings (SSSR count). The van der Waals surface area contributed by atoms with Crippen molar-refractivity contribution >= 4 is 11.6 Å². The quantitative estimate of drug-likeness (QED) is 0.938. The van der Waals surface area contributed by atoms with Gasteiger partial charge in [0.1, 0.15) is 5.75 Å². The maximum atomic E-state index is 6.28. The molecule has 0 spiro atoms. The lowest BCUT2D eigenvalue weighted by molar-refractivity contribution is 0.115. The SMILES string of the molecule is CC1(COc2cc3nnc(N)n3cc2C2CC2)CCCCC1. The molecule has 2 aromatic heterocycles. The van der Waals surface area contributed by atoms with Crippen molar-refractivity contribution in [2.45, 2.75) is 57.8 Å². The maximum absolute atomic E-state index is 6.28. The van der Waals surface area contributed by atoms with Gasteiger partial charge in [0.2, 0.25) is 5.95 Å². The number of hydrogen-bond acceptors (Lipinski definition) is 4. The average molecular weight is 300 g/mol. The summed E-state index contributed by atoms with van der Waals surface area (Å²) in [6.45, 7) is 3.16. The Morgan fingerprint density at radius 1 is 1.27 bits per heavy atom. The van der Waals surface area contributed by atoms with E-state index >= 15 is 0 Å². The molecular formula is C17H24N4O. The fourth-order valence-corrected chi connectivity index (χ4v) is 3.58. The van der Waals surface area contributed by atoms with Crippen molar-refractivity contribution in [2.75, 3.05) is 12.3 Å². The van der Waals surface area contributed by atoms with Gasteiger partial charge in [-0.3, -0.25) is 4.40 Å². The molecule has 5 nitrogen and oxygen atoms in total. The van der Waals surface area contributed by atoms with Gasteiger partial charge in [0, 0.05) is 23.2 Å². The first-order chi connectivity index (χ1) is 10.6. The number of pyridine rings is 1. The molecule has 0 atom stereocenters. The zero-order chi connectivity index (χ0) is 15.2. The number of anilines is 1. The van der Waals surface area contributed by atoms with Crippen molar-refractivity contribution in [3.63, 3.8) is 0 Å². The van der Waals surface area contributed by atoms with Gasteiger partial charge in [0.25, 0.3) is 0 Å². The third-order valence-corrected chi connectivity index (χ3v) is 5.22. The highest BCUT2D eigenvalue weighted by Crippen LogP contribution is 2.45. The minimum absolute atomic E-state index is 0.317. The van der Waals surface area contributed by atoms with Crippen LogP contribution >= 0.6 is 0 Å². The van der Waals surface area contributed by atoms with Crippen LogP contribution in [-0.4, -0.2) is 21.2 Å². The number of aromatic nitrogens is 3. The van der Waals surface area contributed by atoms with Crippen LogP contribution < -0.4 is 10.5 Å². The highest BCUT2D eigenvalue weighted by Gasteiger charge is 2.31. The molecule has 0 aliphatic heterocycles. The zero-order valence-electron chi connectivity index (χ0n) is 13.2. The van der Waals surface area contributed by atoms with Crippen LogP contribution in [0.15, 0.2) is 12.3 Å². The summed E-state index contributed by atoms with van der Waals surface area (Å²) in [5.74, 6) is 2.04. The number of nitrogen functional groups attached to an aromatic ring is 1. The van der Waals surface area contributed by atoms with Crippen LogP contribution in [0.2, 0.25) is 0 Å². The fraction of sp³-hybridized carbons (Fsp3) is 0.647. The summed E-state index contributed by atoms with van der Waals surface area (Å²) in [5, 5.41) is 8.08. The van der Waals surface area contributed by atoms with Crippen molar-refractivity contribution in [3.8, 4) is 5.75 Å². The van der Waals surface area contributed by atoms with Gasteiger partial charge in [-0.2, -0.15) is 0 Å². The Balaban J connectivity index is 1.61. The first kappa shape index (κ1) is 13.9. The Labute approximate surface area is 130 Å². The van der Waals surface area contributed by atoms with Crippen LogP contribution in [0.4, 0.5) is 5.95 Å². The van der Waals surface area contributed by atoms with Gasteiger partial charge >= 0.3 is 0 Å². The number of nitrogens with zero attached hydrogens (tertiary/aromatic N) is 3. The Morgan fingerprint density at radius 3 is 2.77 bits per heavy atom. The molecule has 22 heavy (non-hydrogen) atoms. The lowest BCUT2D eigenvalue weighted by atomic mass is 9.76. The van der Waals surface area contributed by atoms with Gasteiger partial charge < -0.3 is 10.5 Å². The minimum atomic E-state index is 0.317. The smallest absolute Gasteiger partial charge is 0.226 e. The molecule has 2 aromatic rings. The van der Waals surface area contributed by atoms with Gasteiger partial charge in [0.05, 0.1) is 6.61 Å². The Hall–Kier alpha value is -1.78. The maximum Gasteiger partial charge on any atom is 0.226 e. The predicted molar refractivity (Wildman–Crippen MR) is 86.1 cm³/mol. The zero-order valence-corrected chi connectivity index (χ0v) is 13.2. The molecule has 0 aromatic carbocycles. The third-order valence-electron chi connectivity index (χ3n) is 5.22. The van der Waals surface area contributed by atoms with Gasteiger partial charge in [-0.15, -0.1) is 10.2 Å². The third kappa shape index (κ3) is 2.53. The van der Waals surface area contributed by atoms with Crippen molar-refractivity contribution in [2.24, 2.45) is 5.41 Å².